The molecule has 2 aromatic heterocycles. The third-order valence-corrected chi connectivity index (χ3v) is 7.94. The Bertz CT molecular complexity index is 1480. The van der Waals surface area contributed by atoms with E-state index in [1.807, 2.05) is 42.5 Å². The number of aromatic nitrogens is 1. The van der Waals surface area contributed by atoms with Crippen LogP contribution in [0.5, 0.6) is 5.75 Å². The highest BCUT2D eigenvalue weighted by Gasteiger charge is 2.30. The van der Waals surface area contributed by atoms with Gasteiger partial charge < -0.3 is 24.5 Å². The van der Waals surface area contributed by atoms with Gasteiger partial charge in [-0.15, -0.1) is 0 Å². The predicted molar refractivity (Wildman–Crippen MR) is 158 cm³/mol. The number of anilines is 1. The average Bonchev–Trinajstić information content (AvgIpc) is 3.33. The van der Waals surface area contributed by atoms with E-state index in [4.69, 9.17) is 14.3 Å². The summed E-state index contributed by atoms with van der Waals surface area (Å²) in [6.07, 6.45) is 9.37. The van der Waals surface area contributed by atoms with Crippen LogP contribution in [0.1, 0.15) is 71.8 Å². The van der Waals surface area contributed by atoms with Crippen LogP contribution < -0.4 is 10.1 Å². The van der Waals surface area contributed by atoms with E-state index >= 15 is 0 Å². The molecule has 2 heterocycles. The molecule has 5 rings (SSSR count). The molecule has 1 aliphatic rings. The lowest BCUT2D eigenvalue weighted by Gasteiger charge is -2.31. The van der Waals surface area contributed by atoms with E-state index in [1.54, 1.807) is 31.6 Å². The number of carboxylic acids is 1. The number of hydrogen-bond donors (Lipinski definition) is 2. The van der Waals surface area contributed by atoms with E-state index in [0.717, 1.165) is 52.1 Å². The Morgan fingerprint density at radius 3 is 2.61 bits per heavy atom. The average molecular weight is 556 g/mol. The van der Waals surface area contributed by atoms with Crippen LogP contribution in [0.25, 0.3) is 11.0 Å². The maximum Gasteiger partial charge on any atom is 0.305 e. The molecule has 214 valence electrons. The summed E-state index contributed by atoms with van der Waals surface area (Å²) in [5.41, 5.74) is 4.38. The number of pyridine rings is 1. The highest BCUT2D eigenvalue weighted by Crippen LogP contribution is 2.41. The minimum absolute atomic E-state index is 0.0118. The fourth-order valence-electron chi connectivity index (χ4n) is 5.59. The molecule has 0 aliphatic heterocycles. The fraction of sp³-hybridized carbons (Fsp3) is 0.364. The number of aliphatic carboxylic acids is 1. The molecule has 1 amide bonds. The summed E-state index contributed by atoms with van der Waals surface area (Å²) in [6, 6.07) is 17.3. The van der Waals surface area contributed by atoms with Gasteiger partial charge in [0.15, 0.2) is 0 Å². The standard InChI is InChI=1S/C33H37N3O5/c1-22-28-19-27(40-21-23-7-6-17-34-20-23)14-15-29(28)41-32(22)31(24-8-4-3-5-9-24)35-26-12-10-25(11-13-26)33(39)36(2)18-16-30(37)38/h6-7,10-15,17,19-20,24,31,35H,3-5,8-9,16,18,21H2,1-2H3,(H,37,38). The van der Waals surface area contributed by atoms with Crippen LogP contribution in [0, 0.1) is 12.8 Å². The van der Waals surface area contributed by atoms with Crippen molar-refractivity contribution in [1.82, 2.24) is 9.88 Å². The van der Waals surface area contributed by atoms with Gasteiger partial charge in [-0.1, -0.05) is 25.3 Å². The maximum absolute atomic E-state index is 12.7. The van der Waals surface area contributed by atoms with Gasteiger partial charge in [-0.2, -0.15) is 0 Å². The maximum atomic E-state index is 12.7. The van der Waals surface area contributed by atoms with Gasteiger partial charge in [0, 0.05) is 53.8 Å². The molecule has 2 aromatic carbocycles. The van der Waals surface area contributed by atoms with Crippen molar-refractivity contribution in [2.75, 3.05) is 18.9 Å². The van der Waals surface area contributed by atoms with E-state index in [1.165, 1.54) is 24.2 Å². The fourth-order valence-corrected chi connectivity index (χ4v) is 5.59. The molecule has 1 atom stereocenters. The summed E-state index contributed by atoms with van der Waals surface area (Å²) >= 11 is 0. The number of carbonyl (C=O) groups excluding carboxylic acids is 1. The molecule has 2 N–H and O–H groups in total. The highest BCUT2D eigenvalue weighted by molar-refractivity contribution is 5.94. The number of fused-ring (bicyclic) bond motifs is 1. The summed E-state index contributed by atoms with van der Waals surface area (Å²) < 4.78 is 12.6. The normalized spacial score (nSPS) is 14.5. The molecule has 8 heteroatoms. The Balaban J connectivity index is 1.36. The van der Waals surface area contributed by atoms with Crippen molar-refractivity contribution in [2.24, 2.45) is 5.92 Å². The van der Waals surface area contributed by atoms with Crippen molar-refractivity contribution in [3.63, 3.8) is 0 Å². The first-order chi connectivity index (χ1) is 19.9. The monoisotopic (exact) mass is 555 g/mol. The van der Waals surface area contributed by atoms with Crippen LogP contribution >= 0.6 is 0 Å². The van der Waals surface area contributed by atoms with Gasteiger partial charge in [-0.25, -0.2) is 0 Å². The minimum atomic E-state index is -0.924. The van der Waals surface area contributed by atoms with Crippen LogP contribution in [0.3, 0.4) is 0 Å². The summed E-state index contributed by atoms with van der Waals surface area (Å²) in [5.74, 6) is 1.02. The number of furan rings is 1. The number of carbonyl (C=O) groups is 2. The lowest BCUT2D eigenvalue weighted by Crippen LogP contribution is -2.29. The molecular weight excluding hydrogens is 518 g/mol. The largest absolute Gasteiger partial charge is 0.489 e. The molecule has 0 spiro atoms. The zero-order valence-corrected chi connectivity index (χ0v) is 23.6. The second-order valence-electron chi connectivity index (χ2n) is 10.9. The number of hydrogen-bond acceptors (Lipinski definition) is 6. The first-order valence-electron chi connectivity index (χ1n) is 14.3. The molecule has 1 aliphatic carbocycles. The van der Waals surface area contributed by atoms with Gasteiger partial charge in [0.05, 0.1) is 12.5 Å². The van der Waals surface area contributed by atoms with Crippen molar-refractivity contribution in [3.8, 4) is 5.75 Å². The molecule has 4 aromatic rings. The van der Waals surface area contributed by atoms with Crippen molar-refractivity contribution < 1.29 is 23.8 Å². The highest BCUT2D eigenvalue weighted by atomic mass is 16.5. The molecule has 41 heavy (non-hydrogen) atoms. The van der Waals surface area contributed by atoms with Crippen LogP contribution in [0.15, 0.2) is 71.4 Å². The smallest absolute Gasteiger partial charge is 0.305 e. The van der Waals surface area contributed by atoms with Crippen molar-refractivity contribution in [2.45, 2.75) is 58.1 Å². The lowest BCUT2D eigenvalue weighted by molar-refractivity contribution is -0.137. The Morgan fingerprint density at radius 2 is 1.90 bits per heavy atom. The number of nitrogens with one attached hydrogen (secondary N) is 1. The van der Waals surface area contributed by atoms with Crippen molar-refractivity contribution in [1.29, 1.82) is 0 Å². The van der Waals surface area contributed by atoms with Crippen LogP contribution in [0.2, 0.25) is 0 Å². The van der Waals surface area contributed by atoms with Gasteiger partial charge in [0.25, 0.3) is 5.91 Å². The van der Waals surface area contributed by atoms with Gasteiger partial charge in [0.2, 0.25) is 0 Å². The second-order valence-corrected chi connectivity index (χ2v) is 10.9. The topological polar surface area (TPSA) is 105 Å². The third kappa shape index (κ3) is 6.88. The Kier molecular flexibility index (Phi) is 8.87. The minimum Gasteiger partial charge on any atom is -0.489 e. The zero-order chi connectivity index (χ0) is 28.8. The first kappa shape index (κ1) is 28.2. The number of nitrogens with zero attached hydrogens (tertiary/aromatic N) is 2. The molecule has 0 saturated heterocycles. The zero-order valence-electron chi connectivity index (χ0n) is 23.6. The third-order valence-electron chi connectivity index (χ3n) is 7.94. The van der Waals surface area contributed by atoms with Gasteiger partial charge >= 0.3 is 5.97 Å². The molecule has 0 bridgehead atoms. The van der Waals surface area contributed by atoms with E-state index < -0.39 is 5.97 Å². The van der Waals surface area contributed by atoms with Gasteiger partial charge in [-0.05, 0) is 74.2 Å². The molecule has 8 nitrogen and oxygen atoms in total. The Morgan fingerprint density at radius 1 is 1.12 bits per heavy atom. The quantitative estimate of drug-likeness (QED) is 0.205. The number of amides is 1. The first-order valence-corrected chi connectivity index (χ1v) is 14.3. The van der Waals surface area contributed by atoms with Gasteiger partial charge in [0.1, 0.15) is 23.7 Å². The summed E-state index contributed by atoms with van der Waals surface area (Å²) in [6.45, 7) is 2.72. The number of ether oxygens (including phenoxy) is 1. The summed E-state index contributed by atoms with van der Waals surface area (Å²) in [5, 5.41) is 13.7. The Hall–Kier alpha value is -4.33. The summed E-state index contributed by atoms with van der Waals surface area (Å²) in [7, 11) is 1.62. The number of carboxylic acid groups (broad SMARTS) is 1. The summed E-state index contributed by atoms with van der Waals surface area (Å²) in [4.78, 5) is 29.2. The SMILES string of the molecule is Cc1c(C(Nc2ccc(C(=O)N(C)CCC(=O)O)cc2)C2CCCCC2)oc2ccc(OCc3cccnc3)cc12. The Labute approximate surface area is 240 Å². The number of rotatable bonds is 11. The van der Waals surface area contributed by atoms with Crippen LogP contribution in [0.4, 0.5) is 5.69 Å². The van der Waals surface area contributed by atoms with Crippen LogP contribution in [-0.2, 0) is 11.4 Å². The van der Waals surface area contributed by atoms with E-state index in [9.17, 15) is 9.59 Å². The van der Waals surface area contributed by atoms with Crippen LogP contribution in [-0.4, -0.2) is 40.5 Å². The van der Waals surface area contributed by atoms with Crippen molar-refractivity contribution in [3.05, 3.63) is 89.4 Å². The molecular formula is C33H37N3O5. The molecule has 1 unspecified atom stereocenters. The molecule has 1 saturated carbocycles. The number of benzene rings is 2. The van der Waals surface area contributed by atoms with E-state index in [-0.39, 0.29) is 24.9 Å². The van der Waals surface area contributed by atoms with E-state index in [0.29, 0.717) is 18.1 Å². The van der Waals surface area contributed by atoms with E-state index in [2.05, 4.69) is 17.2 Å². The van der Waals surface area contributed by atoms with Gasteiger partial charge in [-0.3, -0.25) is 14.6 Å². The second kappa shape index (κ2) is 12.9. The van der Waals surface area contributed by atoms with Crippen molar-refractivity contribution >= 4 is 28.5 Å². The predicted octanol–water partition coefficient (Wildman–Crippen LogP) is 7.00. The molecule has 0 radical (unpaired) electrons. The lowest BCUT2D eigenvalue weighted by atomic mass is 9.82. The number of aryl methyl sites for hydroxylation is 1. The molecule has 1 fully saturated rings.